The highest BCUT2D eigenvalue weighted by Gasteiger charge is 2.32. The first-order chi connectivity index (χ1) is 6.82. The second-order valence-corrected chi connectivity index (χ2v) is 6.91. The number of piperidine rings is 1. The summed E-state index contributed by atoms with van der Waals surface area (Å²) in [5.41, 5.74) is 0.0658. The van der Waals surface area contributed by atoms with E-state index in [9.17, 15) is 4.79 Å². The fourth-order valence-electron chi connectivity index (χ4n) is 1.77. The van der Waals surface area contributed by atoms with Crippen molar-refractivity contribution in [1.82, 2.24) is 4.90 Å². The maximum Gasteiger partial charge on any atom is 0.225 e. The van der Waals surface area contributed by atoms with Crippen LogP contribution in [-0.2, 0) is 4.79 Å². The monoisotopic (exact) mass is 275 g/mol. The summed E-state index contributed by atoms with van der Waals surface area (Å²) in [6.07, 6.45) is 2.31. The van der Waals surface area contributed by atoms with Crippen molar-refractivity contribution in [3.8, 4) is 0 Å². The third kappa shape index (κ3) is 3.47. The van der Waals surface area contributed by atoms with Gasteiger partial charge < -0.3 is 4.90 Å². The van der Waals surface area contributed by atoms with Gasteiger partial charge in [0.1, 0.15) is 0 Å². The Balaban J connectivity index is 2.60. The molecular weight excluding hydrogens is 254 g/mol. The number of amides is 1. The van der Waals surface area contributed by atoms with Gasteiger partial charge in [0.15, 0.2) is 0 Å². The first-order valence-electron chi connectivity index (χ1n) is 5.75. The van der Waals surface area contributed by atoms with Crippen LogP contribution >= 0.6 is 15.9 Å². The molecule has 0 aromatic carbocycles. The molecule has 1 rings (SSSR count). The second kappa shape index (κ2) is 4.86. The smallest absolute Gasteiger partial charge is 0.225 e. The number of halogens is 1. The molecule has 0 bridgehead atoms. The van der Waals surface area contributed by atoms with Crippen molar-refractivity contribution in [3.05, 3.63) is 0 Å². The predicted octanol–water partition coefficient (Wildman–Crippen LogP) is 3.05. The molecular formula is C12H22BrNO. The average Bonchev–Trinajstić information content (AvgIpc) is 2.14. The lowest BCUT2D eigenvalue weighted by molar-refractivity contribution is -0.139. The van der Waals surface area contributed by atoms with E-state index in [1.165, 1.54) is 6.42 Å². The van der Waals surface area contributed by atoms with Crippen LogP contribution in [0.1, 0.15) is 40.5 Å². The Hall–Kier alpha value is -0.0500. The summed E-state index contributed by atoms with van der Waals surface area (Å²) in [4.78, 5) is 14.7. The molecule has 1 saturated heterocycles. The molecule has 0 aromatic heterocycles. The van der Waals surface area contributed by atoms with Gasteiger partial charge in [0.25, 0.3) is 0 Å². The van der Waals surface area contributed by atoms with E-state index in [0.717, 1.165) is 19.5 Å². The highest BCUT2D eigenvalue weighted by molar-refractivity contribution is 9.09. The molecule has 1 heterocycles. The fourth-order valence-corrected chi connectivity index (χ4v) is 2.44. The molecule has 2 nitrogen and oxygen atoms in total. The average molecular weight is 276 g/mol. The lowest BCUT2D eigenvalue weighted by Gasteiger charge is -2.36. The summed E-state index contributed by atoms with van der Waals surface area (Å²) in [6.45, 7) is 10.2. The zero-order valence-corrected chi connectivity index (χ0v) is 11.8. The van der Waals surface area contributed by atoms with Crippen LogP contribution in [0.3, 0.4) is 0 Å². The molecule has 1 aliphatic heterocycles. The number of hydrogen-bond acceptors (Lipinski definition) is 1. The van der Waals surface area contributed by atoms with E-state index in [4.69, 9.17) is 0 Å². The molecule has 1 fully saturated rings. The summed E-state index contributed by atoms with van der Waals surface area (Å²) < 4.78 is 0. The third-order valence-electron chi connectivity index (χ3n) is 3.35. The Bertz CT molecular complexity index is 234. The van der Waals surface area contributed by atoms with E-state index in [2.05, 4.69) is 36.7 Å². The third-order valence-corrected chi connectivity index (χ3v) is 4.09. The molecule has 1 aliphatic rings. The number of rotatable bonds is 1. The normalized spacial score (nSPS) is 25.1. The van der Waals surface area contributed by atoms with Gasteiger partial charge in [-0.3, -0.25) is 4.79 Å². The van der Waals surface area contributed by atoms with Crippen LogP contribution in [0.2, 0.25) is 0 Å². The van der Waals surface area contributed by atoms with E-state index in [1.807, 2.05) is 11.8 Å². The van der Waals surface area contributed by atoms with Crippen LogP contribution in [0.5, 0.6) is 0 Å². The maximum absolute atomic E-state index is 12.2. The van der Waals surface area contributed by atoms with Gasteiger partial charge in [-0.1, -0.05) is 43.6 Å². The summed E-state index contributed by atoms with van der Waals surface area (Å²) in [7, 11) is 0. The number of nitrogens with zero attached hydrogens (tertiary/aromatic N) is 1. The lowest BCUT2D eigenvalue weighted by atomic mass is 9.81. The predicted molar refractivity (Wildman–Crippen MR) is 67.1 cm³/mol. The summed E-state index contributed by atoms with van der Waals surface area (Å²) in [5.74, 6) is 0.418. The Morgan fingerprint density at radius 3 is 2.53 bits per heavy atom. The van der Waals surface area contributed by atoms with Gasteiger partial charge in [-0.15, -0.1) is 0 Å². The SMILES string of the molecule is CC(C(=O)N1CCCC(Br)C1)C(C)(C)C. The minimum atomic E-state index is 0.0658. The zero-order valence-electron chi connectivity index (χ0n) is 10.2. The van der Waals surface area contributed by atoms with E-state index in [0.29, 0.717) is 10.7 Å². The molecule has 3 heteroatoms. The molecule has 0 spiro atoms. The highest BCUT2D eigenvalue weighted by atomic mass is 79.9. The Kier molecular flexibility index (Phi) is 4.21. The maximum atomic E-state index is 12.2. The van der Waals surface area contributed by atoms with Crippen molar-refractivity contribution in [2.45, 2.75) is 45.4 Å². The molecule has 2 unspecified atom stereocenters. The van der Waals surface area contributed by atoms with Crippen molar-refractivity contribution in [3.63, 3.8) is 0 Å². The fraction of sp³-hybridized carbons (Fsp3) is 0.917. The van der Waals surface area contributed by atoms with Crippen molar-refractivity contribution < 1.29 is 4.79 Å². The van der Waals surface area contributed by atoms with Crippen LogP contribution in [0.25, 0.3) is 0 Å². The Labute approximate surface area is 102 Å². The first kappa shape index (κ1) is 13.0. The Morgan fingerprint density at radius 2 is 2.07 bits per heavy atom. The van der Waals surface area contributed by atoms with Crippen molar-refractivity contribution in [2.75, 3.05) is 13.1 Å². The molecule has 15 heavy (non-hydrogen) atoms. The number of carbonyl (C=O) groups excluding carboxylic acids is 1. The van der Waals surface area contributed by atoms with Gasteiger partial charge in [0, 0.05) is 23.8 Å². The minimum absolute atomic E-state index is 0.0658. The molecule has 0 aliphatic carbocycles. The van der Waals surface area contributed by atoms with E-state index >= 15 is 0 Å². The van der Waals surface area contributed by atoms with Crippen LogP contribution in [0, 0.1) is 11.3 Å². The number of carbonyl (C=O) groups is 1. The van der Waals surface area contributed by atoms with Gasteiger partial charge in [0.2, 0.25) is 5.91 Å². The van der Waals surface area contributed by atoms with Crippen molar-refractivity contribution in [2.24, 2.45) is 11.3 Å². The summed E-state index contributed by atoms with van der Waals surface area (Å²) in [5, 5.41) is 0. The molecule has 0 N–H and O–H groups in total. The van der Waals surface area contributed by atoms with Gasteiger partial charge >= 0.3 is 0 Å². The topological polar surface area (TPSA) is 20.3 Å². The molecule has 88 valence electrons. The quantitative estimate of drug-likeness (QED) is 0.674. The van der Waals surface area contributed by atoms with Crippen LogP contribution in [0.15, 0.2) is 0 Å². The number of likely N-dealkylation sites (tertiary alicyclic amines) is 1. The standard InChI is InChI=1S/C12H22BrNO/c1-9(12(2,3)4)11(15)14-7-5-6-10(13)8-14/h9-10H,5-8H2,1-4H3. The zero-order chi connectivity index (χ0) is 11.6. The van der Waals surface area contributed by atoms with Crippen LogP contribution < -0.4 is 0 Å². The van der Waals surface area contributed by atoms with Gasteiger partial charge in [-0.2, -0.15) is 0 Å². The summed E-state index contributed by atoms with van der Waals surface area (Å²) >= 11 is 3.60. The van der Waals surface area contributed by atoms with Gasteiger partial charge in [0.05, 0.1) is 0 Å². The van der Waals surface area contributed by atoms with Crippen LogP contribution in [-0.4, -0.2) is 28.7 Å². The first-order valence-corrected chi connectivity index (χ1v) is 6.67. The van der Waals surface area contributed by atoms with Gasteiger partial charge in [-0.25, -0.2) is 0 Å². The highest BCUT2D eigenvalue weighted by Crippen LogP contribution is 2.28. The van der Waals surface area contributed by atoms with E-state index < -0.39 is 0 Å². The largest absolute Gasteiger partial charge is 0.341 e. The van der Waals surface area contributed by atoms with Crippen LogP contribution in [0.4, 0.5) is 0 Å². The van der Waals surface area contributed by atoms with E-state index in [1.54, 1.807) is 0 Å². The number of alkyl halides is 1. The van der Waals surface area contributed by atoms with Gasteiger partial charge in [-0.05, 0) is 18.3 Å². The van der Waals surface area contributed by atoms with Crippen molar-refractivity contribution >= 4 is 21.8 Å². The second-order valence-electron chi connectivity index (χ2n) is 5.61. The number of hydrogen-bond donors (Lipinski definition) is 0. The Morgan fingerprint density at radius 1 is 1.47 bits per heavy atom. The molecule has 0 aromatic rings. The minimum Gasteiger partial charge on any atom is -0.341 e. The lowest BCUT2D eigenvalue weighted by Crippen LogP contribution is -2.45. The molecule has 2 atom stereocenters. The molecule has 0 radical (unpaired) electrons. The van der Waals surface area contributed by atoms with E-state index in [-0.39, 0.29) is 11.3 Å². The summed E-state index contributed by atoms with van der Waals surface area (Å²) in [6, 6.07) is 0. The van der Waals surface area contributed by atoms with Crippen molar-refractivity contribution in [1.29, 1.82) is 0 Å². The molecule has 0 saturated carbocycles. The molecule has 1 amide bonds.